The summed E-state index contributed by atoms with van der Waals surface area (Å²) in [4.78, 5) is 25.5. The molecule has 1 heterocycles. The number of esters is 2. The van der Waals surface area contributed by atoms with Gasteiger partial charge in [-0.25, -0.2) is 9.59 Å². The summed E-state index contributed by atoms with van der Waals surface area (Å²) in [5.41, 5.74) is 2.77. The number of hydrogen-bond donors (Lipinski definition) is 0. The van der Waals surface area contributed by atoms with E-state index in [-0.39, 0.29) is 22.6 Å². The molecule has 0 aromatic heterocycles. The normalized spacial score (nSPS) is 12.8. The zero-order valence-corrected chi connectivity index (χ0v) is 14.0. The molecule has 3 rings (SSSR count). The van der Waals surface area contributed by atoms with Gasteiger partial charge in [0.2, 0.25) is 0 Å². The van der Waals surface area contributed by atoms with Crippen molar-refractivity contribution in [1.29, 1.82) is 0 Å². The third kappa shape index (κ3) is 2.98. The molecule has 0 N–H and O–H groups in total. The van der Waals surface area contributed by atoms with Gasteiger partial charge in [-0.3, -0.25) is 0 Å². The van der Waals surface area contributed by atoms with Gasteiger partial charge < -0.3 is 9.47 Å². The van der Waals surface area contributed by atoms with Crippen molar-refractivity contribution in [2.75, 3.05) is 0 Å². The van der Waals surface area contributed by atoms with E-state index < -0.39 is 11.9 Å². The van der Waals surface area contributed by atoms with Crippen molar-refractivity contribution >= 4 is 11.9 Å². The zero-order valence-electron chi connectivity index (χ0n) is 14.0. The minimum atomic E-state index is -0.572. The van der Waals surface area contributed by atoms with Gasteiger partial charge >= 0.3 is 11.9 Å². The van der Waals surface area contributed by atoms with Crippen molar-refractivity contribution in [2.45, 2.75) is 19.8 Å². The fraction of sp³-hybridized carbons (Fsp3) is 0.143. The van der Waals surface area contributed by atoms with E-state index in [9.17, 15) is 9.59 Å². The molecule has 0 saturated carbocycles. The Kier molecular flexibility index (Phi) is 4.52. The Morgan fingerprint density at radius 3 is 2.44 bits per heavy atom. The molecule has 1 aliphatic heterocycles. The summed E-state index contributed by atoms with van der Waals surface area (Å²) in [5.74, 6) is -0.631. The topological polar surface area (TPSA) is 52.6 Å². The molecule has 4 heteroatoms. The maximum absolute atomic E-state index is 12.8. The summed E-state index contributed by atoms with van der Waals surface area (Å²) in [5, 5.41) is 0. The molecular weight excluding hydrogens is 316 g/mol. The van der Waals surface area contributed by atoms with Crippen molar-refractivity contribution in [2.24, 2.45) is 0 Å². The second-order valence-electron chi connectivity index (χ2n) is 5.79. The van der Waals surface area contributed by atoms with Crippen molar-refractivity contribution in [3.63, 3.8) is 0 Å². The van der Waals surface area contributed by atoms with Gasteiger partial charge in [0.15, 0.2) is 11.5 Å². The van der Waals surface area contributed by atoms with Gasteiger partial charge in [0.25, 0.3) is 0 Å². The quantitative estimate of drug-likeness (QED) is 0.478. The standard InChI is InChI=1S/C21H18O4/c1-4-7-14-11-12-16-18(15(14)8-5-2)21(23)24-17-10-6-9-13(3)19(17)25-20(16)22/h4-6,9-12H,1-2,7-8H2,3H3. The first-order chi connectivity index (χ1) is 12.1. The number of fused-ring (bicyclic) bond motifs is 2. The third-order valence-electron chi connectivity index (χ3n) is 4.12. The number of para-hydroxylation sites is 1. The van der Waals surface area contributed by atoms with Crippen LogP contribution in [0.3, 0.4) is 0 Å². The van der Waals surface area contributed by atoms with E-state index in [0.29, 0.717) is 18.4 Å². The molecule has 0 aliphatic carbocycles. The first kappa shape index (κ1) is 16.7. The number of aryl methyl sites for hydroxylation is 1. The predicted octanol–water partition coefficient (Wildman–Crippen LogP) is 4.20. The van der Waals surface area contributed by atoms with Crippen LogP contribution in [0.1, 0.15) is 37.4 Å². The highest BCUT2D eigenvalue weighted by Crippen LogP contribution is 2.35. The molecule has 2 aromatic rings. The van der Waals surface area contributed by atoms with Gasteiger partial charge in [-0.1, -0.05) is 30.4 Å². The number of allylic oxidation sites excluding steroid dienone is 2. The fourth-order valence-electron chi connectivity index (χ4n) is 2.95. The molecule has 1 aliphatic rings. The minimum Gasteiger partial charge on any atom is -0.419 e. The molecule has 0 radical (unpaired) electrons. The average Bonchev–Trinajstić information content (AvgIpc) is 2.58. The van der Waals surface area contributed by atoms with Gasteiger partial charge in [-0.15, -0.1) is 13.2 Å². The van der Waals surface area contributed by atoms with Gasteiger partial charge in [0.05, 0.1) is 11.1 Å². The lowest BCUT2D eigenvalue weighted by molar-refractivity contribution is 0.0646. The number of carbonyl (C=O) groups is 2. The molecule has 126 valence electrons. The Bertz CT molecular complexity index is 893. The van der Waals surface area contributed by atoms with Crippen molar-refractivity contribution < 1.29 is 19.1 Å². The van der Waals surface area contributed by atoms with E-state index in [1.165, 1.54) is 0 Å². The molecule has 25 heavy (non-hydrogen) atoms. The number of carbonyl (C=O) groups excluding carboxylic acids is 2. The molecule has 0 fully saturated rings. The second kappa shape index (κ2) is 6.77. The highest BCUT2D eigenvalue weighted by Gasteiger charge is 2.29. The van der Waals surface area contributed by atoms with Crippen molar-refractivity contribution in [3.05, 3.63) is 83.5 Å². The molecule has 0 amide bonds. The summed E-state index contributed by atoms with van der Waals surface area (Å²) >= 11 is 0. The first-order valence-electron chi connectivity index (χ1n) is 7.97. The smallest absolute Gasteiger partial charge is 0.344 e. The molecule has 0 bridgehead atoms. The van der Waals surface area contributed by atoms with Crippen LogP contribution < -0.4 is 9.47 Å². The summed E-state index contributed by atoms with van der Waals surface area (Å²) in [6.07, 6.45) is 4.46. The van der Waals surface area contributed by atoms with E-state index >= 15 is 0 Å². The molecule has 0 saturated heterocycles. The number of benzene rings is 2. The number of ether oxygens (including phenoxy) is 2. The van der Waals surface area contributed by atoms with Gasteiger partial charge in [-0.05, 0) is 48.6 Å². The molecule has 2 aromatic carbocycles. The van der Waals surface area contributed by atoms with Crippen LogP contribution in [0, 0.1) is 6.92 Å². The third-order valence-corrected chi connectivity index (χ3v) is 4.12. The maximum Gasteiger partial charge on any atom is 0.344 e. The van der Waals surface area contributed by atoms with E-state index in [0.717, 1.165) is 11.1 Å². The average molecular weight is 334 g/mol. The zero-order chi connectivity index (χ0) is 18.0. The Labute approximate surface area is 146 Å². The predicted molar refractivity (Wildman–Crippen MR) is 95.3 cm³/mol. The second-order valence-corrected chi connectivity index (χ2v) is 5.79. The summed E-state index contributed by atoms with van der Waals surface area (Å²) in [6, 6.07) is 8.57. The van der Waals surface area contributed by atoms with Crippen LogP contribution in [0.15, 0.2) is 55.6 Å². The summed E-state index contributed by atoms with van der Waals surface area (Å²) in [7, 11) is 0. The lowest BCUT2D eigenvalue weighted by atomic mass is 9.91. The van der Waals surface area contributed by atoms with Crippen LogP contribution in [0.5, 0.6) is 11.5 Å². The summed E-state index contributed by atoms with van der Waals surface area (Å²) < 4.78 is 11.0. The molecular formula is C21H18O4. The summed E-state index contributed by atoms with van der Waals surface area (Å²) in [6.45, 7) is 9.28. The largest absolute Gasteiger partial charge is 0.419 e. The molecule has 0 unspecified atom stereocenters. The molecule has 0 atom stereocenters. The van der Waals surface area contributed by atoms with Crippen LogP contribution >= 0.6 is 0 Å². The Morgan fingerprint density at radius 1 is 0.960 bits per heavy atom. The van der Waals surface area contributed by atoms with E-state index in [1.54, 1.807) is 43.3 Å². The number of rotatable bonds is 4. The highest BCUT2D eigenvalue weighted by atomic mass is 16.6. The van der Waals surface area contributed by atoms with E-state index in [1.807, 2.05) is 6.07 Å². The number of hydrogen-bond acceptors (Lipinski definition) is 4. The Morgan fingerprint density at radius 2 is 1.72 bits per heavy atom. The van der Waals surface area contributed by atoms with Crippen molar-refractivity contribution in [3.8, 4) is 11.5 Å². The van der Waals surface area contributed by atoms with Crippen LogP contribution in [-0.4, -0.2) is 11.9 Å². The van der Waals surface area contributed by atoms with Gasteiger partial charge in [-0.2, -0.15) is 0 Å². The van der Waals surface area contributed by atoms with E-state index in [2.05, 4.69) is 13.2 Å². The lowest BCUT2D eigenvalue weighted by Gasteiger charge is -2.20. The Balaban J connectivity index is 2.22. The van der Waals surface area contributed by atoms with Crippen LogP contribution in [0.25, 0.3) is 0 Å². The first-order valence-corrected chi connectivity index (χ1v) is 7.97. The highest BCUT2D eigenvalue weighted by molar-refractivity contribution is 6.07. The molecule has 4 nitrogen and oxygen atoms in total. The Hall–Kier alpha value is -3.14. The van der Waals surface area contributed by atoms with Crippen LogP contribution in [0.4, 0.5) is 0 Å². The van der Waals surface area contributed by atoms with Gasteiger partial charge in [0, 0.05) is 0 Å². The lowest BCUT2D eigenvalue weighted by Crippen LogP contribution is -2.24. The van der Waals surface area contributed by atoms with Crippen LogP contribution in [0.2, 0.25) is 0 Å². The van der Waals surface area contributed by atoms with E-state index in [4.69, 9.17) is 9.47 Å². The van der Waals surface area contributed by atoms with Crippen LogP contribution in [-0.2, 0) is 12.8 Å². The fourth-order valence-corrected chi connectivity index (χ4v) is 2.95. The van der Waals surface area contributed by atoms with Crippen molar-refractivity contribution in [1.82, 2.24) is 0 Å². The van der Waals surface area contributed by atoms with Gasteiger partial charge in [0.1, 0.15) is 0 Å². The molecule has 0 spiro atoms. The minimum absolute atomic E-state index is 0.198. The SMILES string of the molecule is C=CCc1ccc2c(c1CC=C)C(=O)Oc1cccc(C)c1OC2=O. The maximum atomic E-state index is 12.8. The monoisotopic (exact) mass is 334 g/mol.